The minimum atomic E-state index is 0.561. The van der Waals surface area contributed by atoms with E-state index in [2.05, 4.69) is 22.6 Å². The zero-order chi connectivity index (χ0) is 9.80. The molecule has 1 aliphatic heterocycles. The summed E-state index contributed by atoms with van der Waals surface area (Å²) in [4.78, 5) is 4.18. The highest BCUT2D eigenvalue weighted by atomic mass is 32.2. The lowest BCUT2D eigenvalue weighted by Crippen LogP contribution is -2.27. The lowest BCUT2D eigenvalue weighted by Gasteiger charge is -2.21. The monoisotopic (exact) mass is 208 g/mol. The van der Waals surface area contributed by atoms with Crippen molar-refractivity contribution in [3.63, 3.8) is 0 Å². The first-order chi connectivity index (χ1) is 6.92. The molecule has 1 unspecified atom stereocenters. The Morgan fingerprint density at radius 1 is 1.64 bits per heavy atom. The Morgan fingerprint density at radius 3 is 3.14 bits per heavy atom. The second kappa shape index (κ2) is 4.80. The Balaban J connectivity index is 2.12. The van der Waals surface area contributed by atoms with Gasteiger partial charge >= 0.3 is 0 Å². The highest BCUT2D eigenvalue weighted by Gasteiger charge is 2.24. The zero-order valence-corrected chi connectivity index (χ0v) is 9.26. The van der Waals surface area contributed by atoms with Crippen LogP contribution in [0.2, 0.25) is 0 Å². The van der Waals surface area contributed by atoms with E-state index in [-0.39, 0.29) is 0 Å². The molecule has 2 nitrogen and oxygen atoms in total. The third kappa shape index (κ3) is 2.10. The first-order valence-corrected chi connectivity index (χ1v) is 6.36. The molecule has 1 aromatic rings. The van der Waals surface area contributed by atoms with Gasteiger partial charge in [-0.25, -0.2) is 0 Å². The van der Waals surface area contributed by atoms with Crippen LogP contribution in [0, 0.1) is 0 Å². The van der Waals surface area contributed by atoms with Crippen molar-refractivity contribution in [2.75, 3.05) is 12.8 Å². The molecule has 2 rings (SSSR count). The molecule has 3 heteroatoms. The number of hydrogen-bond acceptors (Lipinski definition) is 3. The van der Waals surface area contributed by atoms with E-state index in [0.29, 0.717) is 11.3 Å². The van der Waals surface area contributed by atoms with Crippen molar-refractivity contribution in [1.29, 1.82) is 0 Å². The van der Waals surface area contributed by atoms with Gasteiger partial charge in [0.2, 0.25) is 0 Å². The maximum atomic E-state index is 4.18. The van der Waals surface area contributed by atoms with Crippen LogP contribution in [-0.2, 0) is 0 Å². The molecule has 0 radical (unpaired) electrons. The lowest BCUT2D eigenvalue weighted by atomic mass is 10.1. The number of aromatic nitrogens is 1. The molecule has 0 saturated carbocycles. The largest absolute Gasteiger partial charge is 0.313 e. The molecular weight excluding hydrogens is 192 g/mol. The van der Waals surface area contributed by atoms with Gasteiger partial charge in [-0.2, -0.15) is 11.8 Å². The summed E-state index contributed by atoms with van der Waals surface area (Å²) in [5.74, 6) is 0. The Labute approximate surface area is 89.5 Å². The van der Waals surface area contributed by atoms with Crippen molar-refractivity contribution in [2.24, 2.45) is 0 Å². The molecular formula is C11H16N2S. The molecule has 1 saturated heterocycles. The van der Waals surface area contributed by atoms with Crippen LogP contribution in [0.3, 0.4) is 0 Å². The van der Waals surface area contributed by atoms with E-state index in [4.69, 9.17) is 0 Å². The van der Waals surface area contributed by atoms with Crippen LogP contribution >= 0.6 is 11.8 Å². The highest BCUT2D eigenvalue weighted by Crippen LogP contribution is 2.33. The molecule has 1 N–H and O–H groups in total. The number of pyridine rings is 1. The summed E-state index contributed by atoms with van der Waals surface area (Å²) >= 11 is 1.92. The van der Waals surface area contributed by atoms with E-state index in [0.717, 1.165) is 0 Å². The zero-order valence-electron chi connectivity index (χ0n) is 8.44. The van der Waals surface area contributed by atoms with Gasteiger partial charge in [-0.15, -0.1) is 0 Å². The minimum absolute atomic E-state index is 0.561. The van der Waals surface area contributed by atoms with Crippen molar-refractivity contribution in [2.45, 2.75) is 24.1 Å². The molecule has 1 aliphatic rings. The minimum Gasteiger partial charge on any atom is -0.313 e. The molecule has 0 aromatic carbocycles. The number of thioether (sulfide) groups is 1. The van der Waals surface area contributed by atoms with Gasteiger partial charge in [0.05, 0.1) is 0 Å². The summed E-state index contributed by atoms with van der Waals surface area (Å²) in [6.45, 7) is 1.17. The average molecular weight is 208 g/mol. The fourth-order valence-corrected chi connectivity index (χ4v) is 3.02. The van der Waals surface area contributed by atoms with Crippen LogP contribution in [0.25, 0.3) is 0 Å². The third-order valence-corrected chi connectivity index (χ3v) is 3.84. The fraction of sp³-hybridized carbons (Fsp3) is 0.545. The maximum Gasteiger partial charge on any atom is 0.0462 e. The first-order valence-electron chi connectivity index (χ1n) is 5.08. The van der Waals surface area contributed by atoms with Crippen LogP contribution in [0.5, 0.6) is 0 Å². The second-order valence-electron chi connectivity index (χ2n) is 3.65. The summed E-state index contributed by atoms with van der Waals surface area (Å²) in [7, 11) is 0. The Bertz CT molecular complexity index is 270. The number of nitrogens with zero attached hydrogens (tertiary/aromatic N) is 1. The normalized spacial score (nSPS) is 23.6. The molecule has 0 spiro atoms. The topological polar surface area (TPSA) is 24.9 Å². The molecule has 0 bridgehead atoms. The summed E-state index contributed by atoms with van der Waals surface area (Å²) < 4.78 is 0. The first kappa shape index (κ1) is 9.99. The van der Waals surface area contributed by atoms with E-state index in [1.807, 2.05) is 30.2 Å². The van der Waals surface area contributed by atoms with Crippen LogP contribution in [0.4, 0.5) is 0 Å². The molecule has 0 aliphatic carbocycles. The summed E-state index contributed by atoms with van der Waals surface area (Å²) in [6.07, 6.45) is 8.60. The van der Waals surface area contributed by atoms with Crippen molar-refractivity contribution < 1.29 is 0 Å². The number of hydrogen-bond donors (Lipinski definition) is 1. The predicted molar refractivity (Wildman–Crippen MR) is 61.5 cm³/mol. The quantitative estimate of drug-likeness (QED) is 0.824. The van der Waals surface area contributed by atoms with Gasteiger partial charge in [0, 0.05) is 23.7 Å². The molecule has 1 aromatic heterocycles. The summed E-state index contributed by atoms with van der Waals surface area (Å²) in [6, 6.07) is 4.83. The van der Waals surface area contributed by atoms with E-state index in [1.54, 1.807) is 0 Å². The van der Waals surface area contributed by atoms with Gasteiger partial charge in [0.1, 0.15) is 0 Å². The smallest absolute Gasteiger partial charge is 0.0462 e. The van der Waals surface area contributed by atoms with Gasteiger partial charge < -0.3 is 5.32 Å². The molecule has 0 amide bonds. The molecule has 1 fully saturated rings. The highest BCUT2D eigenvalue weighted by molar-refractivity contribution is 7.98. The van der Waals surface area contributed by atoms with Crippen LogP contribution in [0.1, 0.15) is 23.7 Å². The Kier molecular flexibility index (Phi) is 3.43. The SMILES string of the molecule is CSC(c1cccnc1)[C@H]1CCCN1. The van der Waals surface area contributed by atoms with Gasteiger partial charge in [-0.1, -0.05) is 6.07 Å². The Hall–Kier alpha value is -0.540. The second-order valence-corrected chi connectivity index (χ2v) is 4.62. The average Bonchev–Trinajstić information content (AvgIpc) is 2.74. The van der Waals surface area contributed by atoms with Crippen LogP contribution in [0.15, 0.2) is 24.5 Å². The van der Waals surface area contributed by atoms with E-state index >= 15 is 0 Å². The summed E-state index contributed by atoms with van der Waals surface area (Å²) in [5.41, 5.74) is 1.35. The third-order valence-electron chi connectivity index (χ3n) is 2.73. The molecule has 76 valence electrons. The molecule has 14 heavy (non-hydrogen) atoms. The number of nitrogens with one attached hydrogen (secondary N) is 1. The van der Waals surface area contributed by atoms with E-state index in [1.165, 1.54) is 24.9 Å². The Morgan fingerprint density at radius 2 is 2.57 bits per heavy atom. The van der Waals surface area contributed by atoms with Crippen LogP contribution < -0.4 is 5.32 Å². The van der Waals surface area contributed by atoms with Gasteiger partial charge in [0.25, 0.3) is 0 Å². The van der Waals surface area contributed by atoms with E-state index in [9.17, 15) is 0 Å². The molecule has 2 atom stereocenters. The van der Waals surface area contributed by atoms with Crippen LogP contribution in [-0.4, -0.2) is 23.8 Å². The van der Waals surface area contributed by atoms with Crippen molar-refractivity contribution in [1.82, 2.24) is 10.3 Å². The predicted octanol–water partition coefficient (Wildman–Crippen LogP) is 2.24. The molecule has 2 heterocycles. The standard InChI is InChI=1S/C11H16N2S/c1-14-11(10-5-3-7-13-10)9-4-2-6-12-8-9/h2,4,6,8,10-11,13H,3,5,7H2,1H3/t10-,11?/m1/s1. The fourth-order valence-electron chi connectivity index (χ4n) is 2.05. The van der Waals surface area contributed by atoms with Gasteiger partial charge in [-0.3, -0.25) is 4.98 Å². The summed E-state index contributed by atoms with van der Waals surface area (Å²) in [5, 5.41) is 4.12. The number of rotatable bonds is 3. The van der Waals surface area contributed by atoms with E-state index < -0.39 is 0 Å². The maximum absolute atomic E-state index is 4.18. The van der Waals surface area contributed by atoms with Crippen molar-refractivity contribution in [3.05, 3.63) is 30.1 Å². The van der Waals surface area contributed by atoms with Crippen molar-refractivity contribution >= 4 is 11.8 Å². The van der Waals surface area contributed by atoms with Gasteiger partial charge in [0.15, 0.2) is 0 Å². The van der Waals surface area contributed by atoms with Gasteiger partial charge in [-0.05, 0) is 37.3 Å². The van der Waals surface area contributed by atoms with Crippen molar-refractivity contribution in [3.8, 4) is 0 Å². The lowest BCUT2D eigenvalue weighted by molar-refractivity contribution is 0.592.